The van der Waals surface area contributed by atoms with Gasteiger partial charge in [0.15, 0.2) is 5.82 Å². The van der Waals surface area contributed by atoms with Crippen LogP contribution in [-0.2, 0) is 6.61 Å². The Balaban J connectivity index is 1.60. The first-order valence-corrected chi connectivity index (χ1v) is 12.9. The van der Waals surface area contributed by atoms with Gasteiger partial charge in [-0.25, -0.2) is 14.8 Å². The standard InChI is InChI=1S/C26H34Cl2N4O3/c1-16-22(17-7-5-8-18(27)21(17)28)30-19(15-33)23(29-16)31-13-11-26(12-14-31)10-6-9-20(26)32(24(34)35)25(2,3)4/h5,7-8,20,33H,6,9-15H2,1-4H3,(H,34,35)/t20-/m1/s1. The molecule has 1 saturated heterocycles. The maximum atomic E-state index is 12.2. The van der Waals surface area contributed by atoms with E-state index >= 15 is 0 Å². The molecule has 2 aliphatic rings. The van der Waals surface area contributed by atoms with Crippen LogP contribution in [0.5, 0.6) is 0 Å². The minimum Gasteiger partial charge on any atom is -0.465 e. The molecule has 2 heterocycles. The van der Waals surface area contributed by atoms with Crippen LogP contribution in [0.4, 0.5) is 10.6 Å². The van der Waals surface area contributed by atoms with Crippen molar-refractivity contribution >= 4 is 35.1 Å². The molecule has 7 nitrogen and oxygen atoms in total. The lowest BCUT2D eigenvalue weighted by Gasteiger charge is -2.50. The average Bonchev–Trinajstić information content (AvgIpc) is 3.17. The van der Waals surface area contributed by atoms with E-state index in [1.54, 1.807) is 11.0 Å². The van der Waals surface area contributed by atoms with Crippen LogP contribution in [0.3, 0.4) is 0 Å². The Morgan fingerprint density at radius 3 is 2.49 bits per heavy atom. The van der Waals surface area contributed by atoms with Crippen LogP contribution in [0.2, 0.25) is 10.0 Å². The summed E-state index contributed by atoms with van der Waals surface area (Å²) < 4.78 is 0. The van der Waals surface area contributed by atoms with Gasteiger partial charge < -0.3 is 15.1 Å². The number of benzene rings is 1. The summed E-state index contributed by atoms with van der Waals surface area (Å²) in [6.45, 7) is 9.05. The number of rotatable bonds is 4. The second-order valence-electron chi connectivity index (χ2n) is 10.8. The lowest BCUT2D eigenvalue weighted by molar-refractivity contribution is 0.0141. The molecular weight excluding hydrogens is 487 g/mol. The highest BCUT2D eigenvalue weighted by Gasteiger charge is 2.51. The van der Waals surface area contributed by atoms with Crippen molar-refractivity contribution in [2.24, 2.45) is 5.41 Å². The fourth-order valence-corrected chi connectivity index (χ4v) is 6.39. The van der Waals surface area contributed by atoms with Gasteiger partial charge in [-0.1, -0.05) is 41.8 Å². The van der Waals surface area contributed by atoms with Gasteiger partial charge in [-0.15, -0.1) is 0 Å². The van der Waals surface area contributed by atoms with E-state index in [1.807, 2.05) is 39.8 Å². The third-order valence-electron chi connectivity index (χ3n) is 7.64. The highest BCUT2D eigenvalue weighted by Crippen LogP contribution is 2.50. The third kappa shape index (κ3) is 4.83. The van der Waals surface area contributed by atoms with Gasteiger partial charge in [-0.3, -0.25) is 4.90 Å². The molecular formula is C26H34Cl2N4O3. The van der Waals surface area contributed by atoms with E-state index in [2.05, 4.69) is 4.90 Å². The number of hydrogen-bond acceptors (Lipinski definition) is 5. The maximum absolute atomic E-state index is 12.2. The van der Waals surface area contributed by atoms with E-state index in [1.165, 1.54) is 0 Å². The molecule has 0 radical (unpaired) electrons. The normalized spacial score (nSPS) is 19.9. The molecule has 2 N–H and O–H groups in total. The molecule has 190 valence electrons. The Hall–Kier alpha value is -2.09. The van der Waals surface area contributed by atoms with E-state index in [9.17, 15) is 15.0 Å². The molecule has 0 unspecified atom stereocenters. The van der Waals surface area contributed by atoms with E-state index in [4.69, 9.17) is 33.2 Å². The van der Waals surface area contributed by atoms with Crippen molar-refractivity contribution in [3.8, 4) is 11.3 Å². The summed E-state index contributed by atoms with van der Waals surface area (Å²) >= 11 is 12.6. The number of piperidine rings is 1. The number of hydrogen-bond donors (Lipinski definition) is 2. The second kappa shape index (κ2) is 9.75. The van der Waals surface area contributed by atoms with Crippen LogP contribution in [0.25, 0.3) is 11.3 Å². The second-order valence-corrected chi connectivity index (χ2v) is 11.6. The lowest BCUT2D eigenvalue weighted by atomic mass is 9.72. The number of amides is 1. The molecule has 0 bridgehead atoms. The zero-order valence-electron chi connectivity index (χ0n) is 20.8. The molecule has 4 rings (SSSR count). The third-order valence-corrected chi connectivity index (χ3v) is 8.45. The minimum atomic E-state index is -0.842. The summed E-state index contributed by atoms with van der Waals surface area (Å²) in [4.78, 5) is 25.7. The summed E-state index contributed by atoms with van der Waals surface area (Å²) in [6.07, 6.45) is 3.90. The van der Waals surface area contributed by atoms with Crippen molar-refractivity contribution in [3.05, 3.63) is 39.6 Å². The Kier molecular flexibility index (Phi) is 7.24. The largest absolute Gasteiger partial charge is 0.465 e. The molecule has 1 saturated carbocycles. The maximum Gasteiger partial charge on any atom is 0.408 e. The molecule has 1 aliphatic carbocycles. The zero-order chi connectivity index (χ0) is 25.5. The van der Waals surface area contributed by atoms with Crippen molar-refractivity contribution in [3.63, 3.8) is 0 Å². The van der Waals surface area contributed by atoms with Crippen LogP contribution >= 0.6 is 23.2 Å². The van der Waals surface area contributed by atoms with Crippen LogP contribution in [-0.4, -0.2) is 55.8 Å². The molecule has 1 amide bonds. The summed E-state index contributed by atoms with van der Waals surface area (Å²) in [5.41, 5.74) is 2.03. The summed E-state index contributed by atoms with van der Waals surface area (Å²) in [5, 5.41) is 21.0. The Morgan fingerprint density at radius 1 is 1.20 bits per heavy atom. The minimum absolute atomic E-state index is 0.0135. The highest BCUT2D eigenvalue weighted by molar-refractivity contribution is 6.43. The van der Waals surface area contributed by atoms with Gasteiger partial charge in [0.05, 0.1) is 28.0 Å². The van der Waals surface area contributed by atoms with E-state index < -0.39 is 11.6 Å². The molecule has 1 aromatic carbocycles. The number of anilines is 1. The lowest BCUT2D eigenvalue weighted by Crippen LogP contribution is -2.58. The molecule has 1 atom stereocenters. The Labute approximate surface area is 217 Å². The van der Waals surface area contributed by atoms with Crippen molar-refractivity contribution in [1.29, 1.82) is 0 Å². The number of aromatic nitrogens is 2. The number of aryl methyl sites for hydroxylation is 1. The first-order valence-electron chi connectivity index (χ1n) is 12.2. The van der Waals surface area contributed by atoms with Crippen molar-refractivity contribution in [2.45, 2.75) is 78.0 Å². The molecule has 9 heteroatoms. The quantitative estimate of drug-likeness (QED) is 0.500. The molecule has 2 fully saturated rings. The van der Waals surface area contributed by atoms with Crippen molar-refractivity contribution in [1.82, 2.24) is 14.9 Å². The van der Waals surface area contributed by atoms with E-state index in [0.29, 0.717) is 38.5 Å². The number of carbonyl (C=O) groups is 1. The number of halogens is 2. The van der Waals surface area contributed by atoms with Crippen LogP contribution < -0.4 is 4.90 Å². The number of carboxylic acid groups (broad SMARTS) is 1. The SMILES string of the molecule is Cc1nc(N2CCC3(CCC[C@H]3N(C(=O)O)C(C)(C)C)CC2)c(CO)nc1-c1cccc(Cl)c1Cl. The fourth-order valence-electron chi connectivity index (χ4n) is 6.00. The smallest absolute Gasteiger partial charge is 0.408 e. The summed E-state index contributed by atoms with van der Waals surface area (Å²) in [5.74, 6) is 0.683. The summed E-state index contributed by atoms with van der Waals surface area (Å²) in [7, 11) is 0. The van der Waals surface area contributed by atoms with Gasteiger partial charge in [0.25, 0.3) is 0 Å². The molecule has 1 aromatic heterocycles. The van der Waals surface area contributed by atoms with Crippen molar-refractivity contribution < 1.29 is 15.0 Å². The van der Waals surface area contributed by atoms with E-state index in [0.717, 1.165) is 45.2 Å². The molecule has 35 heavy (non-hydrogen) atoms. The number of aliphatic hydroxyl groups excluding tert-OH is 1. The summed E-state index contributed by atoms with van der Waals surface area (Å²) in [6, 6.07) is 5.40. The van der Waals surface area contributed by atoms with Gasteiger partial charge in [-0.05, 0) is 64.9 Å². The van der Waals surface area contributed by atoms with Gasteiger partial charge in [-0.2, -0.15) is 0 Å². The zero-order valence-corrected chi connectivity index (χ0v) is 22.3. The first kappa shape index (κ1) is 26.0. The van der Waals surface area contributed by atoms with Crippen molar-refractivity contribution in [2.75, 3.05) is 18.0 Å². The topological polar surface area (TPSA) is 89.8 Å². The molecule has 1 spiro atoms. The number of nitrogens with zero attached hydrogens (tertiary/aromatic N) is 4. The first-order chi connectivity index (χ1) is 16.5. The monoisotopic (exact) mass is 520 g/mol. The van der Waals surface area contributed by atoms with Gasteiger partial charge in [0.2, 0.25) is 0 Å². The van der Waals surface area contributed by atoms with Gasteiger partial charge >= 0.3 is 6.09 Å². The predicted octanol–water partition coefficient (Wildman–Crippen LogP) is 6.17. The molecule has 1 aliphatic heterocycles. The van der Waals surface area contributed by atoms with Crippen LogP contribution in [0.15, 0.2) is 18.2 Å². The highest BCUT2D eigenvalue weighted by atomic mass is 35.5. The Morgan fingerprint density at radius 2 is 1.89 bits per heavy atom. The number of aliphatic hydroxyl groups is 1. The Bertz CT molecular complexity index is 1110. The van der Waals surface area contributed by atoms with Crippen LogP contribution in [0, 0.1) is 12.3 Å². The molecule has 2 aromatic rings. The van der Waals surface area contributed by atoms with E-state index in [-0.39, 0.29) is 18.1 Å². The average molecular weight is 521 g/mol. The predicted molar refractivity (Wildman–Crippen MR) is 139 cm³/mol. The van der Waals surface area contributed by atoms with Gasteiger partial charge in [0, 0.05) is 30.2 Å². The fraction of sp³-hybridized carbons (Fsp3) is 0.577. The van der Waals surface area contributed by atoms with Crippen LogP contribution in [0.1, 0.15) is 64.3 Å². The van der Waals surface area contributed by atoms with Gasteiger partial charge in [0.1, 0.15) is 5.69 Å².